The summed E-state index contributed by atoms with van der Waals surface area (Å²) in [7, 11) is 0. The number of aliphatic hydroxyl groups is 1. The first-order chi connectivity index (χ1) is 7.22. The van der Waals surface area contributed by atoms with Crippen LogP contribution in [0.5, 0.6) is 0 Å². The lowest BCUT2D eigenvalue weighted by molar-refractivity contribution is 0.224. The van der Waals surface area contributed by atoms with Gasteiger partial charge in [-0.2, -0.15) is 0 Å². The van der Waals surface area contributed by atoms with Crippen molar-refractivity contribution in [2.45, 2.75) is 13.5 Å². The van der Waals surface area contributed by atoms with E-state index in [0.717, 1.165) is 23.3 Å². The highest BCUT2D eigenvalue weighted by Gasteiger charge is 2.08. The van der Waals surface area contributed by atoms with Gasteiger partial charge in [0.25, 0.3) is 0 Å². The van der Waals surface area contributed by atoms with E-state index in [1.807, 2.05) is 31.2 Å². The van der Waals surface area contributed by atoms with Crippen LogP contribution in [-0.2, 0) is 6.54 Å². The Hall–Kier alpha value is -1.48. The molecule has 0 saturated heterocycles. The molecule has 80 valence electrons. The predicted octanol–water partition coefficient (Wildman–Crippen LogP) is 1.85. The summed E-state index contributed by atoms with van der Waals surface area (Å²) in [5.41, 5.74) is 7.07. The van der Waals surface area contributed by atoms with Gasteiger partial charge in [-0.25, -0.2) is 0 Å². The predicted molar refractivity (Wildman–Crippen MR) is 62.6 cm³/mol. The molecular weight excluding hydrogens is 188 g/mol. The fourth-order valence-corrected chi connectivity index (χ4v) is 1.80. The molecule has 15 heavy (non-hydrogen) atoms. The molecule has 0 amide bonds. The van der Waals surface area contributed by atoms with Gasteiger partial charge in [-0.05, 0) is 18.1 Å². The summed E-state index contributed by atoms with van der Waals surface area (Å²) in [6, 6.07) is 10.1. The van der Waals surface area contributed by atoms with Gasteiger partial charge in [0.1, 0.15) is 5.82 Å². The molecule has 2 aromatic rings. The average molecular weight is 204 g/mol. The number of aliphatic hydroxyl groups excluding tert-OH is 1. The molecule has 2 rings (SSSR count). The smallest absolute Gasteiger partial charge is 0.104 e. The molecule has 3 nitrogen and oxygen atoms in total. The summed E-state index contributed by atoms with van der Waals surface area (Å²) >= 11 is 0. The maximum atomic E-state index is 9.04. The van der Waals surface area contributed by atoms with Crippen LogP contribution in [-0.4, -0.2) is 16.3 Å². The number of hydrogen-bond donors (Lipinski definition) is 2. The molecule has 3 heteroatoms. The molecule has 0 bridgehead atoms. The number of nitrogens with zero attached hydrogens (tertiary/aromatic N) is 1. The van der Waals surface area contributed by atoms with Crippen LogP contribution in [0.15, 0.2) is 30.3 Å². The molecule has 1 heterocycles. The van der Waals surface area contributed by atoms with Gasteiger partial charge in [-0.15, -0.1) is 0 Å². The van der Waals surface area contributed by atoms with Gasteiger partial charge in [-0.3, -0.25) is 0 Å². The third-order valence-electron chi connectivity index (χ3n) is 2.65. The standard InChI is InChI=1S/C12H16N2O/c1-9(8-15)7-14-11-5-3-2-4-10(11)6-12(14)13/h2-6,9,15H,7-8,13H2,1H3/t9-/m1/s1. The SMILES string of the molecule is C[C@@H](CO)Cn1c(N)cc2ccccc21. The van der Waals surface area contributed by atoms with Crippen LogP contribution in [0.1, 0.15) is 6.92 Å². The Morgan fingerprint density at radius 1 is 1.40 bits per heavy atom. The quantitative estimate of drug-likeness (QED) is 0.801. The Balaban J connectivity index is 2.45. The zero-order valence-electron chi connectivity index (χ0n) is 8.85. The third-order valence-corrected chi connectivity index (χ3v) is 2.65. The molecule has 0 unspecified atom stereocenters. The lowest BCUT2D eigenvalue weighted by atomic mass is 10.2. The third kappa shape index (κ3) is 1.83. The van der Waals surface area contributed by atoms with E-state index in [0.29, 0.717) is 0 Å². The lowest BCUT2D eigenvalue weighted by Gasteiger charge is -2.12. The molecule has 3 N–H and O–H groups in total. The highest BCUT2D eigenvalue weighted by atomic mass is 16.3. The number of hydrogen-bond acceptors (Lipinski definition) is 2. The first-order valence-corrected chi connectivity index (χ1v) is 5.17. The monoisotopic (exact) mass is 204 g/mol. The molecule has 0 aliphatic rings. The number of benzene rings is 1. The second kappa shape index (κ2) is 3.95. The van der Waals surface area contributed by atoms with E-state index in [1.165, 1.54) is 0 Å². The van der Waals surface area contributed by atoms with Gasteiger partial charge in [0.15, 0.2) is 0 Å². The number of fused-ring (bicyclic) bond motifs is 1. The summed E-state index contributed by atoms with van der Waals surface area (Å²) in [6.07, 6.45) is 0. The van der Waals surface area contributed by atoms with Gasteiger partial charge in [0.05, 0.1) is 0 Å². The largest absolute Gasteiger partial charge is 0.396 e. The molecule has 0 spiro atoms. The molecule has 0 fully saturated rings. The Morgan fingerprint density at radius 2 is 2.13 bits per heavy atom. The highest BCUT2D eigenvalue weighted by molar-refractivity contribution is 5.84. The van der Waals surface area contributed by atoms with Crippen molar-refractivity contribution in [3.05, 3.63) is 30.3 Å². The van der Waals surface area contributed by atoms with Crippen molar-refractivity contribution in [2.75, 3.05) is 12.3 Å². The van der Waals surface area contributed by atoms with Gasteiger partial charge in [-0.1, -0.05) is 25.1 Å². The summed E-state index contributed by atoms with van der Waals surface area (Å²) in [4.78, 5) is 0. The number of rotatable bonds is 3. The zero-order chi connectivity index (χ0) is 10.8. The Labute approximate surface area is 89.1 Å². The maximum Gasteiger partial charge on any atom is 0.104 e. The number of nitrogen functional groups attached to an aromatic ring is 1. The van der Waals surface area contributed by atoms with Crippen molar-refractivity contribution in [3.8, 4) is 0 Å². The van der Waals surface area contributed by atoms with Crippen LogP contribution in [0.3, 0.4) is 0 Å². The van der Waals surface area contributed by atoms with E-state index in [-0.39, 0.29) is 12.5 Å². The minimum atomic E-state index is 0.186. The first-order valence-electron chi connectivity index (χ1n) is 5.17. The van der Waals surface area contributed by atoms with Crippen LogP contribution in [0.4, 0.5) is 5.82 Å². The van der Waals surface area contributed by atoms with Gasteiger partial charge < -0.3 is 15.4 Å². The van der Waals surface area contributed by atoms with Crippen molar-refractivity contribution in [3.63, 3.8) is 0 Å². The molecule has 0 radical (unpaired) electrons. The topological polar surface area (TPSA) is 51.2 Å². The molecule has 0 aliphatic heterocycles. The Morgan fingerprint density at radius 3 is 2.87 bits per heavy atom. The number of para-hydroxylation sites is 1. The van der Waals surface area contributed by atoms with Crippen molar-refractivity contribution in [2.24, 2.45) is 5.92 Å². The second-order valence-electron chi connectivity index (χ2n) is 4.03. The summed E-state index contributed by atoms with van der Waals surface area (Å²) in [6.45, 7) is 2.95. The summed E-state index contributed by atoms with van der Waals surface area (Å²) in [5, 5.41) is 10.2. The lowest BCUT2D eigenvalue weighted by Crippen LogP contribution is -2.12. The van der Waals surface area contributed by atoms with E-state index >= 15 is 0 Å². The van der Waals surface area contributed by atoms with Gasteiger partial charge >= 0.3 is 0 Å². The van der Waals surface area contributed by atoms with Crippen LogP contribution in [0, 0.1) is 5.92 Å². The van der Waals surface area contributed by atoms with Crippen LogP contribution < -0.4 is 5.73 Å². The van der Waals surface area contributed by atoms with Crippen molar-refractivity contribution >= 4 is 16.7 Å². The van der Waals surface area contributed by atoms with Crippen molar-refractivity contribution < 1.29 is 5.11 Å². The van der Waals surface area contributed by atoms with Crippen LogP contribution in [0.25, 0.3) is 10.9 Å². The molecule has 1 aromatic carbocycles. The van der Waals surface area contributed by atoms with Crippen molar-refractivity contribution in [1.29, 1.82) is 0 Å². The molecule has 1 aromatic heterocycles. The second-order valence-corrected chi connectivity index (χ2v) is 4.03. The summed E-state index contributed by atoms with van der Waals surface area (Å²) in [5.74, 6) is 0.986. The Kier molecular flexibility index (Phi) is 2.64. The normalized spacial score (nSPS) is 13.2. The molecule has 1 atom stereocenters. The maximum absolute atomic E-state index is 9.04. The zero-order valence-corrected chi connectivity index (χ0v) is 8.85. The average Bonchev–Trinajstić information content (AvgIpc) is 2.55. The first kappa shape index (κ1) is 10.1. The fourth-order valence-electron chi connectivity index (χ4n) is 1.80. The minimum Gasteiger partial charge on any atom is -0.396 e. The van der Waals surface area contributed by atoms with E-state index in [2.05, 4.69) is 10.6 Å². The van der Waals surface area contributed by atoms with Gasteiger partial charge in [0, 0.05) is 24.1 Å². The van der Waals surface area contributed by atoms with Gasteiger partial charge in [0.2, 0.25) is 0 Å². The van der Waals surface area contributed by atoms with E-state index in [1.54, 1.807) is 0 Å². The Bertz CT molecular complexity index is 462. The minimum absolute atomic E-state index is 0.186. The molecular formula is C12H16N2O. The molecule has 0 saturated carbocycles. The van der Waals surface area contributed by atoms with Crippen LogP contribution >= 0.6 is 0 Å². The summed E-state index contributed by atoms with van der Waals surface area (Å²) < 4.78 is 2.05. The number of nitrogens with two attached hydrogens (primary N) is 1. The molecule has 0 aliphatic carbocycles. The van der Waals surface area contributed by atoms with E-state index in [9.17, 15) is 0 Å². The number of aromatic nitrogens is 1. The van der Waals surface area contributed by atoms with E-state index < -0.39 is 0 Å². The van der Waals surface area contributed by atoms with Crippen molar-refractivity contribution in [1.82, 2.24) is 4.57 Å². The van der Waals surface area contributed by atoms with E-state index in [4.69, 9.17) is 10.8 Å². The van der Waals surface area contributed by atoms with Crippen LogP contribution in [0.2, 0.25) is 0 Å². The number of anilines is 1. The highest BCUT2D eigenvalue weighted by Crippen LogP contribution is 2.22. The fraction of sp³-hybridized carbons (Fsp3) is 0.333.